The maximum atomic E-state index is 6.29. The second-order valence-electron chi connectivity index (χ2n) is 4.85. The van der Waals surface area contributed by atoms with Crippen molar-refractivity contribution in [2.24, 2.45) is 5.73 Å². The minimum Gasteiger partial charge on any atom is -0.459 e. The first-order chi connectivity index (χ1) is 9.16. The van der Waals surface area contributed by atoms with Crippen LogP contribution in [0.5, 0.6) is 0 Å². The van der Waals surface area contributed by atoms with Gasteiger partial charge in [-0.1, -0.05) is 18.2 Å². The molecule has 2 heterocycles. The van der Waals surface area contributed by atoms with Crippen LogP contribution in [-0.4, -0.2) is 4.98 Å². The molecule has 0 aliphatic heterocycles. The molecule has 0 amide bonds. The van der Waals surface area contributed by atoms with Gasteiger partial charge in [0.15, 0.2) is 0 Å². The van der Waals surface area contributed by atoms with E-state index in [1.54, 1.807) is 12.4 Å². The van der Waals surface area contributed by atoms with Crippen LogP contribution in [0.3, 0.4) is 0 Å². The molecule has 3 aromatic rings. The van der Waals surface area contributed by atoms with E-state index in [-0.39, 0.29) is 6.04 Å². The van der Waals surface area contributed by atoms with E-state index in [2.05, 4.69) is 24.0 Å². The summed E-state index contributed by atoms with van der Waals surface area (Å²) in [5, 5.41) is 1.12. The molecule has 0 saturated heterocycles. The SMILES string of the molecule is Cc1ccc2c(C)c(C(N)c3cccnc3)oc2c1. The molecule has 0 saturated carbocycles. The van der Waals surface area contributed by atoms with Gasteiger partial charge in [-0.15, -0.1) is 0 Å². The Morgan fingerprint density at radius 3 is 2.79 bits per heavy atom. The van der Waals surface area contributed by atoms with Crippen molar-refractivity contribution < 1.29 is 4.42 Å². The summed E-state index contributed by atoms with van der Waals surface area (Å²) < 4.78 is 5.94. The highest BCUT2D eigenvalue weighted by Gasteiger charge is 2.18. The smallest absolute Gasteiger partial charge is 0.134 e. The predicted molar refractivity (Wildman–Crippen MR) is 76.0 cm³/mol. The van der Waals surface area contributed by atoms with Crippen LogP contribution >= 0.6 is 0 Å². The lowest BCUT2D eigenvalue weighted by molar-refractivity contribution is 0.520. The fraction of sp³-hybridized carbons (Fsp3) is 0.188. The van der Waals surface area contributed by atoms with E-state index in [4.69, 9.17) is 10.2 Å². The number of nitrogens with two attached hydrogens (primary N) is 1. The van der Waals surface area contributed by atoms with Crippen LogP contribution in [-0.2, 0) is 0 Å². The number of hydrogen-bond acceptors (Lipinski definition) is 3. The minimum absolute atomic E-state index is 0.276. The highest BCUT2D eigenvalue weighted by Crippen LogP contribution is 2.31. The Morgan fingerprint density at radius 1 is 1.21 bits per heavy atom. The Balaban J connectivity index is 2.13. The monoisotopic (exact) mass is 252 g/mol. The largest absolute Gasteiger partial charge is 0.459 e. The lowest BCUT2D eigenvalue weighted by Gasteiger charge is -2.09. The van der Waals surface area contributed by atoms with E-state index >= 15 is 0 Å². The van der Waals surface area contributed by atoms with Crippen molar-refractivity contribution in [3.63, 3.8) is 0 Å². The average Bonchev–Trinajstić information content (AvgIpc) is 2.75. The van der Waals surface area contributed by atoms with Crippen LogP contribution in [0.15, 0.2) is 47.1 Å². The number of aromatic nitrogens is 1. The molecule has 3 rings (SSSR count). The van der Waals surface area contributed by atoms with Crippen molar-refractivity contribution in [3.05, 3.63) is 65.2 Å². The van der Waals surface area contributed by atoms with E-state index in [0.717, 1.165) is 27.9 Å². The van der Waals surface area contributed by atoms with Gasteiger partial charge in [-0.05, 0) is 37.1 Å². The van der Waals surface area contributed by atoms with E-state index in [9.17, 15) is 0 Å². The molecule has 19 heavy (non-hydrogen) atoms. The van der Waals surface area contributed by atoms with Crippen molar-refractivity contribution >= 4 is 11.0 Å². The Bertz CT molecular complexity index is 716. The zero-order valence-corrected chi connectivity index (χ0v) is 11.1. The van der Waals surface area contributed by atoms with Gasteiger partial charge in [0.05, 0.1) is 6.04 Å². The van der Waals surface area contributed by atoms with Crippen molar-refractivity contribution in [2.45, 2.75) is 19.9 Å². The lowest BCUT2D eigenvalue weighted by atomic mass is 10.0. The number of nitrogens with zero attached hydrogens (tertiary/aromatic N) is 1. The summed E-state index contributed by atoms with van der Waals surface area (Å²) in [6.45, 7) is 4.10. The van der Waals surface area contributed by atoms with Gasteiger partial charge >= 0.3 is 0 Å². The second-order valence-corrected chi connectivity index (χ2v) is 4.85. The summed E-state index contributed by atoms with van der Waals surface area (Å²) in [5.74, 6) is 0.814. The van der Waals surface area contributed by atoms with Gasteiger partial charge in [0, 0.05) is 23.3 Å². The molecule has 0 aliphatic carbocycles. The summed E-state index contributed by atoms with van der Waals surface area (Å²) in [6, 6.07) is 9.79. The number of rotatable bonds is 2. The third kappa shape index (κ3) is 2.02. The topological polar surface area (TPSA) is 52.0 Å². The van der Waals surface area contributed by atoms with Crippen LogP contribution in [0.1, 0.15) is 28.5 Å². The molecule has 96 valence electrons. The Morgan fingerprint density at radius 2 is 2.05 bits per heavy atom. The number of furan rings is 1. The summed E-state index contributed by atoms with van der Waals surface area (Å²) in [7, 11) is 0. The average molecular weight is 252 g/mol. The van der Waals surface area contributed by atoms with Crippen molar-refractivity contribution in [3.8, 4) is 0 Å². The second kappa shape index (κ2) is 4.52. The van der Waals surface area contributed by atoms with Crippen LogP contribution < -0.4 is 5.73 Å². The standard InChI is InChI=1S/C16H16N2O/c1-10-5-6-13-11(2)16(19-14(13)8-10)15(17)12-4-3-7-18-9-12/h3-9,15H,17H2,1-2H3. The summed E-state index contributed by atoms with van der Waals surface area (Å²) >= 11 is 0. The third-order valence-corrected chi connectivity index (χ3v) is 3.46. The Kier molecular flexibility index (Phi) is 2.84. The summed E-state index contributed by atoms with van der Waals surface area (Å²) in [4.78, 5) is 4.11. The fourth-order valence-corrected chi connectivity index (χ4v) is 2.36. The number of pyridine rings is 1. The Labute approximate surface area is 112 Å². The molecular weight excluding hydrogens is 236 g/mol. The van der Waals surface area contributed by atoms with Gasteiger partial charge in [-0.3, -0.25) is 4.98 Å². The van der Waals surface area contributed by atoms with Gasteiger partial charge in [0.2, 0.25) is 0 Å². The van der Waals surface area contributed by atoms with Gasteiger partial charge in [-0.2, -0.15) is 0 Å². The first-order valence-electron chi connectivity index (χ1n) is 6.32. The van der Waals surface area contributed by atoms with E-state index in [1.807, 2.05) is 25.1 Å². The highest BCUT2D eigenvalue weighted by atomic mass is 16.3. The highest BCUT2D eigenvalue weighted by molar-refractivity contribution is 5.82. The predicted octanol–water partition coefficient (Wildman–Crippen LogP) is 3.49. The Hall–Kier alpha value is -2.13. The van der Waals surface area contributed by atoms with Crippen molar-refractivity contribution in [1.29, 1.82) is 0 Å². The van der Waals surface area contributed by atoms with Gasteiger partial charge in [-0.25, -0.2) is 0 Å². The molecule has 1 unspecified atom stereocenters. The van der Waals surface area contributed by atoms with Crippen molar-refractivity contribution in [2.75, 3.05) is 0 Å². The maximum absolute atomic E-state index is 6.29. The van der Waals surface area contributed by atoms with Crippen LogP contribution in [0.25, 0.3) is 11.0 Å². The summed E-state index contributed by atoms with van der Waals surface area (Å²) in [6.07, 6.45) is 3.52. The maximum Gasteiger partial charge on any atom is 0.134 e. The molecule has 3 nitrogen and oxygen atoms in total. The van der Waals surface area contributed by atoms with Crippen LogP contribution in [0.2, 0.25) is 0 Å². The molecule has 2 aromatic heterocycles. The molecule has 0 radical (unpaired) electrons. The van der Waals surface area contributed by atoms with E-state index in [1.165, 1.54) is 5.56 Å². The van der Waals surface area contributed by atoms with Crippen LogP contribution in [0.4, 0.5) is 0 Å². The van der Waals surface area contributed by atoms with Crippen LogP contribution in [0, 0.1) is 13.8 Å². The van der Waals surface area contributed by atoms with Gasteiger partial charge < -0.3 is 10.2 Å². The zero-order valence-electron chi connectivity index (χ0n) is 11.1. The first-order valence-corrected chi connectivity index (χ1v) is 6.32. The fourth-order valence-electron chi connectivity index (χ4n) is 2.36. The number of fused-ring (bicyclic) bond motifs is 1. The number of hydrogen-bond donors (Lipinski definition) is 1. The number of aryl methyl sites for hydroxylation is 2. The molecule has 3 heteroatoms. The van der Waals surface area contributed by atoms with E-state index in [0.29, 0.717) is 0 Å². The zero-order chi connectivity index (χ0) is 13.4. The molecule has 1 atom stereocenters. The minimum atomic E-state index is -0.276. The van der Waals surface area contributed by atoms with Gasteiger partial charge in [0.1, 0.15) is 11.3 Å². The number of benzene rings is 1. The lowest BCUT2D eigenvalue weighted by Crippen LogP contribution is -2.12. The molecule has 2 N–H and O–H groups in total. The summed E-state index contributed by atoms with van der Waals surface area (Å²) in [5.41, 5.74) is 10.4. The van der Waals surface area contributed by atoms with E-state index < -0.39 is 0 Å². The molecule has 0 spiro atoms. The first kappa shape index (κ1) is 11.9. The quantitative estimate of drug-likeness (QED) is 0.759. The molecule has 0 bridgehead atoms. The van der Waals surface area contributed by atoms with Crippen molar-refractivity contribution in [1.82, 2.24) is 4.98 Å². The van der Waals surface area contributed by atoms with Gasteiger partial charge in [0.25, 0.3) is 0 Å². The molecule has 1 aromatic carbocycles. The third-order valence-electron chi connectivity index (χ3n) is 3.46. The normalized spacial score (nSPS) is 12.8. The molecule has 0 aliphatic rings. The molecular formula is C16H16N2O. The molecule has 0 fully saturated rings.